The number of hydrogen-bond donors (Lipinski definition) is 0. The Hall–Kier alpha value is -3.84. The molecule has 4 aromatic heterocycles. The molecule has 1 unspecified atom stereocenters. The van der Waals surface area contributed by atoms with Gasteiger partial charge in [-0.15, -0.1) is 10.2 Å². The van der Waals surface area contributed by atoms with Gasteiger partial charge in [0.1, 0.15) is 18.7 Å². The van der Waals surface area contributed by atoms with E-state index in [1.807, 2.05) is 0 Å². The monoisotopic (exact) mass is 470 g/mol. The third-order valence-electron chi connectivity index (χ3n) is 5.60. The summed E-state index contributed by atoms with van der Waals surface area (Å²) in [7, 11) is 1.63. The van der Waals surface area contributed by atoms with E-state index in [4.69, 9.17) is 9.47 Å². The Labute approximate surface area is 189 Å². The minimum Gasteiger partial charge on any atom is -0.353 e. The van der Waals surface area contributed by atoms with Crippen LogP contribution in [-0.2, 0) is 29.0 Å². The zero-order chi connectivity index (χ0) is 23.4. The third kappa shape index (κ3) is 3.40. The van der Waals surface area contributed by atoms with Crippen molar-refractivity contribution in [3.8, 4) is 11.3 Å². The maximum Gasteiger partial charge on any atom is 0.336 e. The van der Waals surface area contributed by atoms with E-state index in [1.54, 1.807) is 30.2 Å². The molecule has 1 aliphatic rings. The predicted molar refractivity (Wildman–Crippen MR) is 111 cm³/mol. The van der Waals surface area contributed by atoms with Crippen molar-refractivity contribution in [2.45, 2.75) is 18.6 Å². The van der Waals surface area contributed by atoms with E-state index in [-0.39, 0.29) is 24.1 Å². The van der Waals surface area contributed by atoms with Crippen molar-refractivity contribution < 1.29 is 22.6 Å². The van der Waals surface area contributed by atoms with Gasteiger partial charge in [0.15, 0.2) is 5.65 Å². The van der Waals surface area contributed by atoms with Crippen LogP contribution in [0.5, 0.6) is 0 Å². The van der Waals surface area contributed by atoms with Crippen LogP contribution in [0.15, 0.2) is 42.9 Å². The van der Waals surface area contributed by atoms with Gasteiger partial charge in [-0.3, -0.25) is 9.36 Å². The minimum atomic E-state index is -3.80. The molecule has 0 radical (unpaired) electrons. The largest absolute Gasteiger partial charge is 0.353 e. The molecular weight excluding hydrogens is 453 g/mol. The number of aromatic nitrogens is 8. The van der Waals surface area contributed by atoms with Crippen molar-refractivity contribution in [1.29, 1.82) is 0 Å². The van der Waals surface area contributed by atoms with Gasteiger partial charge in [0.25, 0.3) is 0 Å². The highest BCUT2D eigenvalue weighted by Crippen LogP contribution is 2.37. The van der Waals surface area contributed by atoms with Crippen molar-refractivity contribution in [1.82, 2.24) is 39.4 Å². The summed E-state index contributed by atoms with van der Waals surface area (Å²) in [6.45, 7) is 1.20. The van der Waals surface area contributed by atoms with E-state index < -0.39 is 23.1 Å². The van der Waals surface area contributed by atoms with Crippen molar-refractivity contribution in [3.05, 3.63) is 60.1 Å². The lowest BCUT2D eigenvalue weighted by atomic mass is 10.0. The van der Waals surface area contributed by atoms with Crippen molar-refractivity contribution >= 4 is 16.6 Å². The number of fused-ring (bicyclic) bond motifs is 2. The van der Waals surface area contributed by atoms with Gasteiger partial charge in [-0.1, -0.05) is 0 Å². The first-order chi connectivity index (χ1) is 16.4. The summed E-state index contributed by atoms with van der Waals surface area (Å²) in [5, 5.41) is 20.4. The quantitative estimate of drug-likeness (QED) is 0.389. The summed E-state index contributed by atoms with van der Waals surface area (Å²) in [5.74, 6) is -5.69. The zero-order valence-electron chi connectivity index (χ0n) is 17.8. The molecular formula is C21H17F3N8O2. The maximum atomic E-state index is 15.5. The van der Waals surface area contributed by atoms with Crippen LogP contribution in [0.1, 0.15) is 11.4 Å². The Kier molecular flexibility index (Phi) is 4.64. The number of aryl methyl sites for hydroxylation is 1. The zero-order valence-corrected chi connectivity index (χ0v) is 17.8. The molecule has 1 atom stereocenters. The van der Waals surface area contributed by atoms with Crippen molar-refractivity contribution in [2.24, 2.45) is 7.05 Å². The van der Waals surface area contributed by atoms with E-state index in [1.165, 1.54) is 16.9 Å². The van der Waals surface area contributed by atoms with Crippen LogP contribution in [-0.4, -0.2) is 58.9 Å². The highest BCUT2D eigenvalue weighted by Gasteiger charge is 2.42. The van der Waals surface area contributed by atoms with Gasteiger partial charge in [-0.05, 0) is 18.2 Å². The summed E-state index contributed by atoms with van der Waals surface area (Å²) in [6, 6.07) is 5.20. The fourth-order valence-electron chi connectivity index (χ4n) is 3.95. The van der Waals surface area contributed by atoms with E-state index in [0.29, 0.717) is 29.8 Å². The standard InChI is InChI=1S/C21H17F3N8O2/c1-30-7-12-4-15(16(22)5-18(12)28-30)21(23,24)20-27-26-19-3-2-17(29-32(19)20)13-6-25-31(8-13)9-14-10-33-11-34-14/h2-8,14H,9-11H2,1H3. The molecule has 5 aromatic rings. The number of benzene rings is 1. The van der Waals surface area contributed by atoms with Gasteiger partial charge in [0.05, 0.1) is 36.1 Å². The smallest absolute Gasteiger partial charge is 0.336 e. The van der Waals surface area contributed by atoms with Gasteiger partial charge >= 0.3 is 5.92 Å². The molecule has 5 heterocycles. The molecule has 1 saturated heterocycles. The van der Waals surface area contributed by atoms with E-state index in [9.17, 15) is 4.39 Å². The van der Waals surface area contributed by atoms with Crippen molar-refractivity contribution in [3.63, 3.8) is 0 Å². The third-order valence-corrected chi connectivity index (χ3v) is 5.60. The minimum absolute atomic E-state index is 0.102. The summed E-state index contributed by atoms with van der Waals surface area (Å²) in [6.07, 6.45) is 4.72. The van der Waals surface area contributed by atoms with Gasteiger partial charge in [-0.2, -0.15) is 28.6 Å². The van der Waals surface area contributed by atoms with Crippen LogP contribution in [0.3, 0.4) is 0 Å². The molecule has 0 N–H and O–H groups in total. The molecule has 1 aromatic carbocycles. The summed E-state index contributed by atoms with van der Waals surface area (Å²) >= 11 is 0. The van der Waals surface area contributed by atoms with E-state index >= 15 is 8.78 Å². The average molecular weight is 470 g/mol. The number of alkyl halides is 2. The number of ether oxygens (including phenoxy) is 2. The van der Waals surface area contributed by atoms with Crippen LogP contribution in [0.25, 0.3) is 27.8 Å². The Bertz CT molecular complexity index is 1520. The van der Waals surface area contributed by atoms with E-state index in [2.05, 4.69) is 25.5 Å². The number of halogens is 3. The number of nitrogens with zero attached hydrogens (tertiary/aromatic N) is 8. The highest BCUT2D eigenvalue weighted by atomic mass is 19.3. The molecule has 0 amide bonds. The van der Waals surface area contributed by atoms with Gasteiger partial charge in [0.2, 0.25) is 5.82 Å². The molecule has 0 saturated carbocycles. The number of rotatable bonds is 5. The Morgan fingerprint density at radius 2 is 2.03 bits per heavy atom. The second kappa shape index (κ2) is 7.60. The summed E-state index contributed by atoms with van der Waals surface area (Å²) in [4.78, 5) is 0. The molecule has 174 valence electrons. The first-order valence-electron chi connectivity index (χ1n) is 10.3. The van der Waals surface area contributed by atoms with Gasteiger partial charge < -0.3 is 9.47 Å². The topological polar surface area (TPSA) is 97.2 Å². The molecule has 13 heteroatoms. The Balaban J connectivity index is 1.38. The molecule has 0 spiro atoms. The first-order valence-corrected chi connectivity index (χ1v) is 10.3. The molecule has 10 nitrogen and oxygen atoms in total. The van der Waals surface area contributed by atoms with Crippen LogP contribution in [0.2, 0.25) is 0 Å². The Morgan fingerprint density at radius 3 is 2.85 bits per heavy atom. The summed E-state index contributed by atoms with van der Waals surface area (Å²) < 4.78 is 60.4. The van der Waals surface area contributed by atoms with Crippen LogP contribution >= 0.6 is 0 Å². The molecule has 1 fully saturated rings. The van der Waals surface area contributed by atoms with Crippen LogP contribution < -0.4 is 0 Å². The fourth-order valence-corrected chi connectivity index (χ4v) is 3.95. The predicted octanol–water partition coefficient (Wildman–Crippen LogP) is 2.53. The molecule has 6 rings (SSSR count). The maximum absolute atomic E-state index is 15.5. The Morgan fingerprint density at radius 1 is 1.15 bits per heavy atom. The average Bonchev–Trinajstić information content (AvgIpc) is 3.59. The van der Waals surface area contributed by atoms with Crippen molar-refractivity contribution in [2.75, 3.05) is 13.4 Å². The lowest BCUT2D eigenvalue weighted by molar-refractivity contribution is 0.0270. The van der Waals surface area contributed by atoms with Crippen LogP contribution in [0.4, 0.5) is 13.2 Å². The highest BCUT2D eigenvalue weighted by molar-refractivity contribution is 5.79. The second-order valence-electron chi connectivity index (χ2n) is 8.01. The first kappa shape index (κ1) is 20.7. The molecule has 0 bridgehead atoms. The molecule has 0 aliphatic carbocycles. The summed E-state index contributed by atoms with van der Waals surface area (Å²) in [5.41, 5.74) is 0.526. The van der Waals surface area contributed by atoms with Crippen LogP contribution in [0, 0.1) is 5.82 Å². The normalized spacial score (nSPS) is 16.8. The molecule has 1 aliphatic heterocycles. The lowest BCUT2D eigenvalue weighted by Gasteiger charge is -2.15. The van der Waals surface area contributed by atoms with Gasteiger partial charge in [-0.25, -0.2) is 4.39 Å². The second-order valence-corrected chi connectivity index (χ2v) is 8.01. The van der Waals surface area contributed by atoms with E-state index in [0.717, 1.165) is 16.6 Å². The molecule has 34 heavy (non-hydrogen) atoms. The SMILES string of the molecule is Cn1cc2cc(C(F)(F)c3nnc4ccc(-c5cnn(CC6COCO6)c5)nn34)c(F)cc2n1. The van der Waals surface area contributed by atoms with Gasteiger partial charge in [0, 0.05) is 36.5 Å². The fraction of sp³-hybridized carbons (Fsp3) is 0.286. The lowest BCUT2D eigenvalue weighted by Crippen LogP contribution is -2.22. The number of hydrogen-bond acceptors (Lipinski definition) is 7.